The third-order valence-corrected chi connectivity index (χ3v) is 5.61. The maximum Gasteiger partial charge on any atom is 0.328 e. The lowest BCUT2D eigenvalue weighted by Crippen LogP contribution is -2.25. The second-order valence-corrected chi connectivity index (χ2v) is 7.73. The largest absolute Gasteiger partial charge is 0.493 e. The van der Waals surface area contributed by atoms with Crippen molar-refractivity contribution < 1.29 is 9.47 Å². The number of aromatic amines is 1. The molecule has 0 atom stereocenters. The lowest BCUT2D eigenvalue weighted by atomic mass is 10.1. The summed E-state index contributed by atoms with van der Waals surface area (Å²) in [4.78, 5) is 24.8. The molecule has 0 fully saturated rings. The minimum Gasteiger partial charge on any atom is -0.493 e. The quantitative estimate of drug-likeness (QED) is 0.421. The van der Waals surface area contributed by atoms with Crippen LogP contribution in [0.25, 0.3) is 11.2 Å². The van der Waals surface area contributed by atoms with E-state index < -0.39 is 0 Å². The molecule has 3 heterocycles. The molecule has 0 saturated heterocycles. The zero-order chi connectivity index (χ0) is 22.1. The van der Waals surface area contributed by atoms with Gasteiger partial charge in [-0.3, -0.25) is 9.13 Å². The summed E-state index contributed by atoms with van der Waals surface area (Å²) in [7, 11) is 3.13. The van der Waals surface area contributed by atoms with Gasteiger partial charge in [0, 0.05) is 35.9 Å². The molecule has 1 N–H and O–H groups in total. The molecule has 162 valence electrons. The highest BCUT2D eigenvalue weighted by Gasteiger charge is 2.16. The summed E-state index contributed by atoms with van der Waals surface area (Å²) in [6.45, 7) is 2.74. The molecule has 10 heteroatoms. The van der Waals surface area contributed by atoms with E-state index in [1.807, 2.05) is 25.3 Å². The van der Waals surface area contributed by atoms with Crippen molar-refractivity contribution in [2.45, 2.75) is 26.4 Å². The van der Waals surface area contributed by atoms with Crippen LogP contribution in [0.3, 0.4) is 0 Å². The van der Waals surface area contributed by atoms with E-state index >= 15 is 0 Å². The highest BCUT2D eigenvalue weighted by molar-refractivity contribution is 6.31. The van der Waals surface area contributed by atoms with Gasteiger partial charge >= 0.3 is 5.69 Å². The average Bonchev–Trinajstić information content (AvgIpc) is 3.28. The Morgan fingerprint density at radius 3 is 2.55 bits per heavy atom. The van der Waals surface area contributed by atoms with Crippen molar-refractivity contribution in [3.8, 4) is 11.5 Å². The average molecular weight is 462 g/mol. The lowest BCUT2D eigenvalue weighted by molar-refractivity contribution is 0.354. The number of nitrogens with zero attached hydrogens (tertiary/aromatic N) is 4. The second-order valence-electron chi connectivity index (χ2n) is 6.94. The highest BCUT2D eigenvalue weighted by atomic mass is 35.5. The molecular formula is C21H21Cl2N5O3. The van der Waals surface area contributed by atoms with Crippen molar-refractivity contribution in [2.75, 3.05) is 14.2 Å². The first-order valence-electron chi connectivity index (χ1n) is 9.63. The van der Waals surface area contributed by atoms with E-state index in [-0.39, 0.29) is 12.2 Å². The van der Waals surface area contributed by atoms with Crippen LogP contribution < -0.4 is 15.2 Å². The van der Waals surface area contributed by atoms with Crippen molar-refractivity contribution >= 4 is 34.4 Å². The van der Waals surface area contributed by atoms with Gasteiger partial charge in [-0.1, -0.05) is 23.2 Å². The molecule has 0 aliphatic carbocycles. The number of hydrogen-bond donors (Lipinski definition) is 1. The van der Waals surface area contributed by atoms with Crippen molar-refractivity contribution in [3.63, 3.8) is 0 Å². The number of rotatable bonds is 7. The second kappa shape index (κ2) is 8.64. The maximum atomic E-state index is 13.0. The number of methoxy groups -OCH3 is 2. The fourth-order valence-electron chi connectivity index (χ4n) is 3.56. The molecular weight excluding hydrogens is 441 g/mol. The predicted octanol–water partition coefficient (Wildman–Crippen LogP) is 3.90. The topological polar surface area (TPSA) is 87.0 Å². The number of nitrogens with one attached hydrogen (secondary N) is 1. The zero-order valence-corrected chi connectivity index (χ0v) is 18.8. The smallest absolute Gasteiger partial charge is 0.328 e. The van der Waals surface area contributed by atoms with Gasteiger partial charge in [-0.2, -0.15) is 0 Å². The Morgan fingerprint density at radius 2 is 1.84 bits per heavy atom. The molecule has 0 radical (unpaired) electrons. The van der Waals surface area contributed by atoms with E-state index in [1.165, 1.54) is 0 Å². The first-order chi connectivity index (χ1) is 14.9. The number of imidazole rings is 2. The summed E-state index contributed by atoms with van der Waals surface area (Å²) in [5, 5.41) is 0.912. The number of benzene rings is 1. The van der Waals surface area contributed by atoms with Crippen LogP contribution in [0, 0.1) is 0 Å². The third-order valence-electron chi connectivity index (χ3n) is 5.05. The van der Waals surface area contributed by atoms with E-state index in [0.29, 0.717) is 46.1 Å². The van der Waals surface area contributed by atoms with Gasteiger partial charge < -0.3 is 14.5 Å². The number of fused-ring (bicyclic) bond motifs is 1. The maximum absolute atomic E-state index is 13.0. The van der Waals surface area contributed by atoms with Crippen LogP contribution >= 0.6 is 23.2 Å². The van der Waals surface area contributed by atoms with Crippen molar-refractivity contribution in [1.82, 2.24) is 24.1 Å². The van der Waals surface area contributed by atoms with E-state index in [0.717, 1.165) is 16.8 Å². The molecule has 0 aliphatic rings. The van der Waals surface area contributed by atoms with E-state index in [2.05, 4.69) is 15.0 Å². The van der Waals surface area contributed by atoms with Crippen LogP contribution in [0.5, 0.6) is 11.5 Å². The molecule has 31 heavy (non-hydrogen) atoms. The van der Waals surface area contributed by atoms with Crippen LogP contribution in [0.15, 0.2) is 35.3 Å². The van der Waals surface area contributed by atoms with Gasteiger partial charge in [0.25, 0.3) is 0 Å². The number of H-pyrrole nitrogens is 1. The van der Waals surface area contributed by atoms with Gasteiger partial charge in [-0.05, 0) is 30.7 Å². The van der Waals surface area contributed by atoms with Crippen molar-refractivity contribution in [3.05, 3.63) is 68.2 Å². The minimum absolute atomic E-state index is 0.124. The third kappa shape index (κ3) is 4.13. The van der Waals surface area contributed by atoms with Crippen LogP contribution in [0.1, 0.15) is 24.0 Å². The number of ether oxygens (including phenoxy) is 2. The first kappa shape index (κ1) is 21.3. The molecule has 1 aromatic carbocycles. The minimum atomic E-state index is -0.124. The molecule has 4 rings (SSSR count). The Morgan fingerprint density at radius 1 is 1.10 bits per heavy atom. The van der Waals surface area contributed by atoms with Gasteiger partial charge in [0.1, 0.15) is 11.0 Å². The fraction of sp³-hybridized carbons (Fsp3) is 0.286. The molecule has 0 bridgehead atoms. The standard InChI is InChI=1S/C21H21Cl2N5O3/c1-4-28-13(7-12-8-16(30-2)17(31-3)9-14(12)22)10-27(21(28)29)11-19-24-15-5-6-18(23)25-20(15)26-19/h5-6,8-10H,4,7,11H2,1-3H3,(H,24,25,26). The zero-order valence-electron chi connectivity index (χ0n) is 17.3. The van der Waals surface area contributed by atoms with Gasteiger partial charge in [-0.25, -0.2) is 14.8 Å². The number of halogens is 2. The summed E-state index contributed by atoms with van der Waals surface area (Å²) in [5.41, 5.74) is 2.82. The van der Waals surface area contributed by atoms with E-state index in [9.17, 15) is 4.79 Å². The van der Waals surface area contributed by atoms with E-state index in [1.54, 1.807) is 35.5 Å². The summed E-state index contributed by atoms with van der Waals surface area (Å²) in [6, 6.07) is 7.05. The normalized spacial score (nSPS) is 11.3. The summed E-state index contributed by atoms with van der Waals surface area (Å²) in [6.07, 6.45) is 2.29. The number of aromatic nitrogens is 5. The van der Waals surface area contributed by atoms with Gasteiger partial charge in [0.05, 0.1) is 26.3 Å². The molecule has 0 spiro atoms. The lowest BCUT2D eigenvalue weighted by Gasteiger charge is -2.12. The Kier molecular flexibility index (Phi) is 5.93. The Labute approximate surface area is 188 Å². The van der Waals surface area contributed by atoms with Crippen LogP contribution in [0.4, 0.5) is 0 Å². The van der Waals surface area contributed by atoms with E-state index in [4.69, 9.17) is 32.7 Å². The number of hydrogen-bond acceptors (Lipinski definition) is 5. The van der Waals surface area contributed by atoms with Crippen LogP contribution in [0.2, 0.25) is 10.2 Å². The van der Waals surface area contributed by atoms with Crippen molar-refractivity contribution in [1.29, 1.82) is 0 Å². The summed E-state index contributed by atoms with van der Waals surface area (Å²) < 4.78 is 14.0. The molecule has 4 aromatic rings. The number of pyridine rings is 1. The monoisotopic (exact) mass is 461 g/mol. The van der Waals surface area contributed by atoms with Crippen LogP contribution in [-0.4, -0.2) is 38.3 Å². The SMILES string of the molecule is CCn1c(Cc2cc(OC)c(OC)cc2Cl)cn(Cc2nc3nc(Cl)ccc3[nH]2)c1=O. The first-order valence-corrected chi connectivity index (χ1v) is 10.4. The summed E-state index contributed by atoms with van der Waals surface area (Å²) in [5.74, 6) is 1.76. The molecule has 0 amide bonds. The predicted molar refractivity (Wildman–Crippen MR) is 120 cm³/mol. The summed E-state index contributed by atoms with van der Waals surface area (Å²) >= 11 is 12.4. The molecule has 0 aliphatic heterocycles. The molecule has 0 saturated carbocycles. The molecule has 3 aromatic heterocycles. The Hall–Kier alpha value is -2.97. The van der Waals surface area contributed by atoms with Crippen LogP contribution in [-0.2, 0) is 19.5 Å². The van der Waals surface area contributed by atoms with Gasteiger partial charge in [0.15, 0.2) is 17.1 Å². The highest BCUT2D eigenvalue weighted by Crippen LogP contribution is 2.34. The van der Waals surface area contributed by atoms with Gasteiger partial charge in [-0.15, -0.1) is 0 Å². The Bertz CT molecular complexity index is 1310. The molecule has 0 unspecified atom stereocenters. The van der Waals surface area contributed by atoms with Crippen molar-refractivity contribution in [2.24, 2.45) is 0 Å². The Balaban J connectivity index is 1.67. The molecule has 8 nitrogen and oxygen atoms in total. The fourth-order valence-corrected chi connectivity index (χ4v) is 3.92. The van der Waals surface area contributed by atoms with Gasteiger partial charge in [0.2, 0.25) is 0 Å².